The van der Waals surface area contributed by atoms with E-state index in [1.54, 1.807) is 0 Å². The van der Waals surface area contributed by atoms with Crippen LogP contribution in [0.5, 0.6) is 0 Å². The first-order valence-corrected chi connectivity index (χ1v) is 2.35. The molecule has 0 fully saturated rings. The molecule has 0 aliphatic heterocycles. The second-order valence-corrected chi connectivity index (χ2v) is 1.54. The molecule has 0 amide bonds. The minimum absolute atomic E-state index is 0. The van der Waals surface area contributed by atoms with E-state index in [2.05, 4.69) is 0 Å². The third kappa shape index (κ3) is 84.6. The summed E-state index contributed by atoms with van der Waals surface area (Å²) in [5.74, 6) is 0. The molecule has 0 heterocycles. The largest absolute Gasteiger partial charge is 1.00 e. The number of hydrogen-bond acceptors (Lipinski definition) is 1. The van der Waals surface area contributed by atoms with Gasteiger partial charge in [-0.1, -0.05) is 0 Å². The average Bonchev–Trinajstić information content (AvgIpc) is 0.722. The minimum atomic E-state index is -4.64. The van der Waals surface area contributed by atoms with Crippen LogP contribution in [0.3, 0.4) is 0 Å². The Hall–Kier alpha value is 1.73. The molecule has 0 radical (unpaired) electrons. The Labute approximate surface area is 77.1 Å². The zero-order valence-electron chi connectivity index (χ0n) is 4.90. The van der Waals surface area contributed by atoms with Gasteiger partial charge in [0.05, 0.1) is 0 Å². The maximum Gasteiger partial charge on any atom is 1.00 e. The Kier molecular flexibility index (Phi) is 13.3. The molecule has 7 heteroatoms. The number of hydrogen-bond donors (Lipinski definition) is 3. The fourth-order valence-electron chi connectivity index (χ4n) is 0. The Morgan fingerprint density at radius 3 is 1.29 bits per heavy atom. The van der Waals surface area contributed by atoms with E-state index in [4.69, 9.17) is 19.2 Å². The third-order valence-electron chi connectivity index (χ3n) is 0. The molecule has 0 atom stereocenters. The molecule has 0 spiro atoms. The van der Waals surface area contributed by atoms with Crippen molar-refractivity contribution in [1.82, 2.24) is 0 Å². The van der Waals surface area contributed by atoms with E-state index in [-0.39, 0.29) is 50.5 Å². The zero-order chi connectivity index (χ0) is 4.50. The van der Waals surface area contributed by atoms with Crippen LogP contribution in [0.25, 0.3) is 0 Å². The van der Waals surface area contributed by atoms with Crippen molar-refractivity contribution in [2.24, 2.45) is 0 Å². The van der Waals surface area contributed by atoms with E-state index in [1.165, 1.54) is 0 Å². The van der Waals surface area contributed by atoms with E-state index >= 15 is 0 Å². The second kappa shape index (κ2) is 5.86. The summed E-state index contributed by atoms with van der Waals surface area (Å²) >= 11 is 0. The van der Waals surface area contributed by atoms with Crippen LogP contribution >= 0.6 is 7.82 Å². The van der Waals surface area contributed by atoms with Crippen LogP contribution in [-0.2, 0) is 24.0 Å². The monoisotopic (exact) mass is 186 g/mol. The SMILES string of the molecule is O=P(O)(O)O.[H-].[Na+].[Zn]. The van der Waals surface area contributed by atoms with E-state index in [0.717, 1.165) is 0 Å². The molecular formula is H4NaO4PZn. The summed E-state index contributed by atoms with van der Waals surface area (Å²) in [4.78, 5) is 21.6. The van der Waals surface area contributed by atoms with Gasteiger partial charge in [-0.05, 0) is 0 Å². The van der Waals surface area contributed by atoms with Crippen molar-refractivity contribution in [3.63, 3.8) is 0 Å². The molecule has 0 aromatic heterocycles. The number of phosphoric acid groups is 1. The zero-order valence-corrected chi connectivity index (χ0v) is 9.77. The minimum Gasteiger partial charge on any atom is -1.00 e. The Bertz CT molecular complexity index is 62.2. The summed E-state index contributed by atoms with van der Waals surface area (Å²) in [7, 11) is -4.64. The van der Waals surface area contributed by atoms with Gasteiger partial charge in [0, 0.05) is 19.5 Å². The van der Waals surface area contributed by atoms with Crippen LogP contribution in [-0.4, -0.2) is 14.7 Å². The van der Waals surface area contributed by atoms with Crippen LogP contribution < -0.4 is 29.6 Å². The van der Waals surface area contributed by atoms with Crippen molar-refractivity contribution < 1.29 is 69.7 Å². The van der Waals surface area contributed by atoms with Gasteiger partial charge in [0.25, 0.3) is 0 Å². The quantitative estimate of drug-likeness (QED) is 0.268. The maximum absolute atomic E-state index is 8.88. The average molecular weight is 187 g/mol. The maximum atomic E-state index is 8.88. The van der Waals surface area contributed by atoms with Gasteiger partial charge < -0.3 is 16.1 Å². The first kappa shape index (κ1) is 15.9. The molecule has 0 unspecified atom stereocenters. The van der Waals surface area contributed by atoms with Gasteiger partial charge in [0.2, 0.25) is 0 Å². The summed E-state index contributed by atoms with van der Waals surface area (Å²) < 4.78 is 8.88. The Balaban J connectivity index is -0.0000000267. The van der Waals surface area contributed by atoms with Crippen molar-refractivity contribution in [2.45, 2.75) is 0 Å². The molecule has 0 aliphatic rings. The van der Waals surface area contributed by atoms with E-state index < -0.39 is 7.82 Å². The van der Waals surface area contributed by atoms with Crippen LogP contribution in [0.2, 0.25) is 0 Å². The van der Waals surface area contributed by atoms with Crippen LogP contribution in [0.4, 0.5) is 0 Å². The van der Waals surface area contributed by atoms with Crippen LogP contribution in [0.15, 0.2) is 0 Å². The summed E-state index contributed by atoms with van der Waals surface area (Å²) in [5, 5.41) is 0. The predicted octanol–water partition coefficient (Wildman–Crippen LogP) is -3.81. The third-order valence-corrected chi connectivity index (χ3v) is 0. The molecule has 0 saturated carbocycles. The fourth-order valence-corrected chi connectivity index (χ4v) is 0. The van der Waals surface area contributed by atoms with Gasteiger partial charge in [-0.25, -0.2) is 4.57 Å². The van der Waals surface area contributed by atoms with Crippen molar-refractivity contribution in [3.05, 3.63) is 0 Å². The molecule has 7 heavy (non-hydrogen) atoms. The van der Waals surface area contributed by atoms with Crippen molar-refractivity contribution in [2.75, 3.05) is 0 Å². The summed E-state index contributed by atoms with van der Waals surface area (Å²) in [6.07, 6.45) is 0. The van der Waals surface area contributed by atoms with Crippen molar-refractivity contribution >= 4 is 7.82 Å². The molecule has 0 aromatic rings. The van der Waals surface area contributed by atoms with Gasteiger partial charge in [-0.15, -0.1) is 0 Å². The summed E-state index contributed by atoms with van der Waals surface area (Å²) in [6, 6.07) is 0. The molecule has 36 valence electrons. The van der Waals surface area contributed by atoms with Crippen LogP contribution in [0.1, 0.15) is 1.43 Å². The molecule has 4 nitrogen and oxygen atoms in total. The Morgan fingerprint density at radius 2 is 1.29 bits per heavy atom. The summed E-state index contributed by atoms with van der Waals surface area (Å²) in [6.45, 7) is 0. The smallest absolute Gasteiger partial charge is 1.00 e. The molecule has 3 N–H and O–H groups in total. The van der Waals surface area contributed by atoms with Gasteiger partial charge >= 0.3 is 37.4 Å². The molecule has 0 aliphatic carbocycles. The van der Waals surface area contributed by atoms with Crippen molar-refractivity contribution in [1.29, 1.82) is 0 Å². The van der Waals surface area contributed by atoms with Crippen LogP contribution in [0, 0.1) is 0 Å². The Morgan fingerprint density at radius 1 is 1.29 bits per heavy atom. The first-order chi connectivity index (χ1) is 2.00. The molecule has 0 rings (SSSR count). The number of rotatable bonds is 0. The van der Waals surface area contributed by atoms with E-state index in [9.17, 15) is 0 Å². The fraction of sp³-hybridized carbons (Fsp3) is 0. The first-order valence-electron chi connectivity index (χ1n) is 0.783. The van der Waals surface area contributed by atoms with E-state index in [0.29, 0.717) is 0 Å². The summed E-state index contributed by atoms with van der Waals surface area (Å²) in [5.41, 5.74) is 0. The molecule has 0 bridgehead atoms. The standard InChI is InChI=1S/Na.H3O4P.Zn.H/c;1-5(2,3)4;;/h;(H3,1,2,3,4);;/q+1;;;-1. The van der Waals surface area contributed by atoms with Crippen molar-refractivity contribution in [3.8, 4) is 0 Å². The molecule has 0 saturated heterocycles. The van der Waals surface area contributed by atoms with Gasteiger partial charge in [-0.2, -0.15) is 0 Å². The predicted molar refractivity (Wildman–Crippen MR) is 15.4 cm³/mol. The molecule has 0 aromatic carbocycles. The van der Waals surface area contributed by atoms with Gasteiger partial charge in [0.1, 0.15) is 0 Å². The molecular weight excluding hydrogens is 183 g/mol. The topological polar surface area (TPSA) is 77.8 Å². The van der Waals surface area contributed by atoms with Gasteiger partial charge in [0.15, 0.2) is 0 Å². The van der Waals surface area contributed by atoms with Gasteiger partial charge in [-0.3, -0.25) is 0 Å². The van der Waals surface area contributed by atoms with E-state index in [1.807, 2.05) is 0 Å². The second-order valence-electron chi connectivity index (χ2n) is 0.513. The normalized spacial score (nSPS) is 8.43.